The molecule has 1 amide bonds. The lowest BCUT2D eigenvalue weighted by atomic mass is 9.97. The number of nitrogens with one attached hydrogen (secondary N) is 1. The van der Waals surface area contributed by atoms with Gasteiger partial charge in [-0.1, -0.05) is 31.2 Å². The van der Waals surface area contributed by atoms with Gasteiger partial charge in [0, 0.05) is 12.5 Å². The minimum absolute atomic E-state index is 0.0897. The Balaban J connectivity index is 2.41. The predicted molar refractivity (Wildman–Crippen MR) is 94.2 cm³/mol. The first kappa shape index (κ1) is 17.8. The van der Waals surface area contributed by atoms with Crippen molar-refractivity contribution < 1.29 is 14.3 Å². The number of hydrogen-bond donors (Lipinski definition) is 2. The van der Waals surface area contributed by atoms with Gasteiger partial charge in [0.2, 0.25) is 5.91 Å². The Hall–Kier alpha value is -2.53. The van der Waals surface area contributed by atoms with Crippen molar-refractivity contribution in [2.24, 2.45) is 11.7 Å². The summed E-state index contributed by atoms with van der Waals surface area (Å²) < 4.78 is 10.6. The summed E-state index contributed by atoms with van der Waals surface area (Å²) in [7, 11) is 3.24. The molecular formula is C19H24N2O3. The minimum Gasteiger partial charge on any atom is -0.497 e. The molecule has 24 heavy (non-hydrogen) atoms. The maximum Gasteiger partial charge on any atom is 0.224 e. The van der Waals surface area contributed by atoms with E-state index in [0.29, 0.717) is 6.54 Å². The summed E-state index contributed by atoms with van der Waals surface area (Å²) in [6.45, 7) is 2.11. The van der Waals surface area contributed by atoms with E-state index in [0.717, 1.165) is 22.6 Å². The second kappa shape index (κ2) is 8.36. The summed E-state index contributed by atoms with van der Waals surface area (Å²) >= 11 is 0. The van der Waals surface area contributed by atoms with Crippen molar-refractivity contribution >= 4 is 5.91 Å². The number of ether oxygens (including phenoxy) is 2. The molecule has 3 N–H and O–H groups in total. The molecule has 0 aromatic heterocycles. The van der Waals surface area contributed by atoms with Crippen LogP contribution < -0.4 is 20.5 Å². The van der Waals surface area contributed by atoms with Crippen molar-refractivity contribution in [1.29, 1.82) is 0 Å². The highest BCUT2D eigenvalue weighted by molar-refractivity contribution is 5.79. The van der Waals surface area contributed by atoms with Crippen LogP contribution in [0, 0.1) is 5.92 Å². The van der Waals surface area contributed by atoms with Crippen LogP contribution in [0.3, 0.4) is 0 Å². The lowest BCUT2D eigenvalue weighted by Gasteiger charge is -2.22. The normalized spacial score (nSPS) is 11.9. The fourth-order valence-corrected chi connectivity index (χ4v) is 2.39. The van der Waals surface area contributed by atoms with Crippen molar-refractivity contribution in [2.75, 3.05) is 20.8 Å². The lowest BCUT2D eigenvalue weighted by molar-refractivity contribution is -0.124. The maximum absolute atomic E-state index is 12.4. The SMILES string of the molecule is COc1cccc(C(NC(=O)C(C)CN)c2cccc(OC)c2)c1. The highest BCUT2D eigenvalue weighted by atomic mass is 16.5. The van der Waals surface area contributed by atoms with E-state index in [1.165, 1.54) is 0 Å². The molecule has 2 rings (SSSR count). The van der Waals surface area contributed by atoms with Crippen molar-refractivity contribution in [3.8, 4) is 11.5 Å². The van der Waals surface area contributed by atoms with Crippen LogP contribution in [0.15, 0.2) is 48.5 Å². The van der Waals surface area contributed by atoms with Gasteiger partial charge in [-0.05, 0) is 35.4 Å². The molecule has 0 saturated heterocycles. The van der Waals surface area contributed by atoms with Crippen molar-refractivity contribution in [3.05, 3.63) is 59.7 Å². The fraction of sp³-hybridized carbons (Fsp3) is 0.316. The Bertz CT molecular complexity index is 640. The maximum atomic E-state index is 12.4. The standard InChI is InChI=1S/C19H24N2O3/c1-13(12-20)19(22)21-18(14-6-4-8-16(10-14)23-2)15-7-5-9-17(11-15)24-3/h4-11,13,18H,12,20H2,1-3H3,(H,21,22). The summed E-state index contributed by atoms with van der Waals surface area (Å²) in [6.07, 6.45) is 0. The van der Waals surface area contributed by atoms with E-state index >= 15 is 0 Å². The van der Waals surface area contributed by atoms with Gasteiger partial charge in [-0.3, -0.25) is 4.79 Å². The largest absolute Gasteiger partial charge is 0.497 e. The molecule has 0 fully saturated rings. The topological polar surface area (TPSA) is 73.6 Å². The first-order valence-electron chi connectivity index (χ1n) is 7.87. The van der Waals surface area contributed by atoms with Crippen molar-refractivity contribution in [1.82, 2.24) is 5.32 Å². The van der Waals surface area contributed by atoms with Gasteiger partial charge in [0.15, 0.2) is 0 Å². The third kappa shape index (κ3) is 4.26. The van der Waals surface area contributed by atoms with E-state index in [2.05, 4.69) is 5.32 Å². The molecule has 2 aromatic rings. The van der Waals surface area contributed by atoms with Crippen LogP contribution in [0.4, 0.5) is 0 Å². The molecule has 2 aromatic carbocycles. The number of amides is 1. The fourth-order valence-electron chi connectivity index (χ4n) is 2.39. The molecule has 0 aliphatic heterocycles. The van der Waals surface area contributed by atoms with Gasteiger partial charge in [0.25, 0.3) is 0 Å². The van der Waals surface area contributed by atoms with Crippen LogP contribution >= 0.6 is 0 Å². The molecule has 1 atom stereocenters. The third-order valence-corrected chi connectivity index (χ3v) is 3.94. The van der Waals surface area contributed by atoms with Gasteiger partial charge in [0.05, 0.1) is 20.3 Å². The summed E-state index contributed by atoms with van der Waals surface area (Å²) in [6, 6.07) is 15.0. The van der Waals surface area contributed by atoms with Gasteiger partial charge in [-0.15, -0.1) is 0 Å². The Labute approximate surface area is 142 Å². The number of nitrogens with two attached hydrogens (primary N) is 1. The lowest BCUT2D eigenvalue weighted by Crippen LogP contribution is -2.36. The molecule has 5 nitrogen and oxygen atoms in total. The van der Waals surface area contributed by atoms with Gasteiger partial charge >= 0.3 is 0 Å². The zero-order chi connectivity index (χ0) is 17.5. The first-order valence-corrected chi connectivity index (χ1v) is 7.87. The highest BCUT2D eigenvalue weighted by Crippen LogP contribution is 2.27. The molecule has 0 aliphatic rings. The van der Waals surface area contributed by atoms with Gasteiger partial charge in [0.1, 0.15) is 11.5 Å². The quantitative estimate of drug-likeness (QED) is 0.819. The van der Waals surface area contributed by atoms with Crippen LogP contribution in [0.1, 0.15) is 24.1 Å². The van der Waals surface area contributed by atoms with Crippen LogP contribution in [0.25, 0.3) is 0 Å². The molecular weight excluding hydrogens is 304 g/mol. The van der Waals surface area contributed by atoms with Crippen molar-refractivity contribution in [2.45, 2.75) is 13.0 Å². The second-order valence-corrected chi connectivity index (χ2v) is 5.63. The molecule has 0 radical (unpaired) electrons. The number of carbonyl (C=O) groups excluding carboxylic acids is 1. The second-order valence-electron chi connectivity index (χ2n) is 5.63. The van der Waals surface area contributed by atoms with E-state index in [1.54, 1.807) is 14.2 Å². The Kier molecular flexibility index (Phi) is 6.21. The zero-order valence-corrected chi connectivity index (χ0v) is 14.3. The number of hydrogen-bond acceptors (Lipinski definition) is 4. The Morgan fingerprint density at radius 1 is 1.04 bits per heavy atom. The summed E-state index contributed by atoms with van der Waals surface area (Å²) in [4.78, 5) is 12.4. The van der Waals surface area contributed by atoms with E-state index in [-0.39, 0.29) is 17.9 Å². The Morgan fingerprint density at radius 3 is 1.96 bits per heavy atom. The van der Waals surface area contributed by atoms with Crippen LogP contribution in [0.5, 0.6) is 11.5 Å². The zero-order valence-electron chi connectivity index (χ0n) is 14.3. The van der Waals surface area contributed by atoms with Crippen LogP contribution in [-0.2, 0) is 4.79 Å². The van der Waals surface area contributed by atoms with Gasteiger partial charge in [-0.2, -0.15) is 0 Å². The number of rotatable bonds is 7. The first-order chi connectivity index (χ1) is 11.6. The van der Waals surface area contributed by atoms with Gasteiger partial charge in [-0.25, -0.2) is 0 Å². The van der Waals surface area contributed by atoms with Gasteiger partial charge < -0.3 is 20.5 Å². The highest BCUT2D eigenvalue weighted by Gasteiger charge is 2.20. The van der Waals surface area contributed by atoms with Crippen molar-refractivity contribution in [3.63, 3.8) is 0 Å². The van der Waals surface area contributed by atoms with E-state index in [4.69, 9.17) is 15.2 Å². The van der Waals surface area contributed by atoms with Crippen LogP contribution in [0.2, 0.25) is 0 Å². The average Bonchev–Trinajstić information content (AvgIpc) is 2.65. The molecule has 128 valence electrons. The van der Waals surface area contributed by atoms with E-state index in [1.807, 2.05) is 55.5 Å². The minimum atomic E-state index is -0.309. The monoisotopic (exact) mass is 328 g/mol. The third-order valence-electron chi connectivity index (χ3n) is 3.94. The molecule has 5 heteroatoms. The number of carbonyl (C=O) groups is 1. The van der Waals surface area contributed by atoms with E-state index in [9.17, 15) is 4.79 Å². The number of benzene rings is 2. The molecule has 0 saturated carbocycles. The summed E-state index contributed by atoms with van der Waals surface area (Å²) in [5.41, 5.74) is 7.48. The molecule has 0 bridgehead atoms. The van der Waals surface area contributed by atoms with E-state index < -0.39 is 0 Å². The Morgan fingerprint density at radius 2 is 1.54 bits per heavy atom. The average molecular weight is 328 g/mol. The molecule has 1 unspecified atom stereocenters. The summed E-state index contributed by atoms with van der Waals surface area (Å²) in [5, 5.41) is 3.07. The summed E-state index contributed by atoms with van der Waals surface area (Å²) in [5.74, 6) is 1.12. The van der Waals surface area contributed by atoms with Crippen LogP contribution in [-0.4, -0.2) is 26.7 Å². The number of methoxy groups -OCH3 is 2. The predicted octanol–water partition coefficient (Wildman–Crippen LogP) is 2.50. The molecule has 0 aliphatic carbocycles. The molecule has 0 spiro atoms. The molecule has 0 heterocycles. The smallest absolute Gasteiger partial charge is 0.224 e.